The molecule has 1 amide bonds. The molecule has 0 aromatic rings. The molecule has 2 aliphatic rings. The molecule has 4 nitrogen and oxygen atoms in total. The summed E-state index contributed by atoms with van der Waals surface area (Å²) in [5, 5.41) is 2.90. The van der Waals surface area contributed by atoms with Crippen LogP contribution in [0.2, 0.25) is 0 Å². The van der Waals surface area contributed by atoms with Crippen molar-refractivity contribution in [3.05, 3.63) is 0 Å². The van der Waals surface area contributed by atoms with Crippen LogP contribution in [0.1, 0.15) is 32.1 Å². The number of nitrogens with one attached hydrogen (secondary N) is 1. The van der Waals surface area contributed by atoms with Gasteiger partial charge in [0.1, 0.15) is 0 Å². The first-order valence-corrected chi connectivity index (χ1v) is 8.38. The van der Waals surface area contributed by atoms with Crippen molar-refractivity contribution < 1.29 is 13.2 Å². The standard InChI is InChI=1S/C11H18ClNO3S/c12-9-3-1-2-4-10(9)13-11(14)8-5-6-17(15,16)7-8/h8-10H,1-7H2,(H,13,14). The third kappa shape index (κ3) is 3.35. The van der Waals surface area contributed by atoms with Crippen LogP contribution in [0, 0.1) is 5.92 Å². The van der Waals surface area contributed by atoms with Gasteiger partial charge in [0, 0.05) is 6.04 Å². The number of alkyl halides is 1. The second kappa shape index (κ2) is 5.14. The maximum absolute atomic E-state index is 11.9. The zero-order chi connectivity index (χ0) is 12.5. The minimum Gasteiger partial charge on any atom is -0.352 e. The van der Waals surface area contributed by atoms with Crippen molar-refractivity contribution in [3.63, 3.8) is 0 Å². The van der Waals surface area contributed by atoms with Gasteiger partial charge < -0.3 is 5.32 Å². The van der Waals surface area contributed by atoms with Crippen LogP contribution in [-0.2, 0) is 14.6 Å². The van der Waals surface area contributed by atoms with Crippen molar-refractivity contribution >= 4 is 27.3 Å². The summed E-state index contributed by atoms with van der Waals surface area (Å²) in [6.45, 7) is 0. The summed E-state index contributed by atoms with van der Waals surface area (Å²) in [6.07, 6.45) is 4.47. The molecule has 1 saturated heterocycles. The lowest BCUT2D eigenvalue weighted by molar-refractivity contribution is -0.125. The largest absolute Gasteiger partial charge is 0.352 e. The molecule has 98 valence electrons. The minimum atomic E-state index is -2.99. The van der Waals surface area contributed by atoms with Gasteiger partial charge in [0.05, 0.1) is 22.8 Å². The summed E-state index contributed by atoms with van der Waals surface area (Å²) in [5.74, 6) is -0.368. The number of rotatable bonds is 2. The number of halogens is 1. The normalized spacial score (nSPS) is 36.6. The topological polar surface area (TPSA) is 63.2 Å². The quantitative estimate of drug-likeness (QED) is 0.770. The summed E-state index contributed by atoms with van der Waals surface area (Å²) in [7, 11) is -2.99. The monoisotopic (exact) mass is 279 g/mol. The smallest absolute Gasteiger partial charge is 0.224 e. The van der Waals surface area contributed by atoms with Gasteiger partial charge in [-0.05, 0) is 19.3 Å². The van der Waals surface area contributed by atoms with Crippen LogP contribution in [-0.4, -0.2) is 37.2 Å². The van der Waals surface area contributed by atoms with E-state index in [9.17, 15) is 13.2 Å². The zero-order valence-corrected chi connectivity index (χ0v) is 11.3. The molecule has 0 spiro atoms. The molecule has 0 bridgehead atoms. The van der Waals surface area contributed by atoms with Crippen molar-refractivity contribution in [1.82, 2.24) is 5.32 Å². The van der Waals surface area contributed by atoms with Crippen molar-refractivity contribution in [2.24, 2.45) is 5.92 Å². The highest BCUT2D eigenvalue weighted by atomic mass is 35.5. The fraction of sp³-hybridized carbons (Fsp3) is 0.909. The summed E-state index contributed by atoms with van der Waals surface area (Å²) in [4.78, 5) is 11.9. The molecule has 3 atom stereocenters. The van der Waals surface area contributed by atoms with E-state index in [1.54, 1.807) is 0 Å². The highest BCUT2D eigenvalue weighted by Gasteiger charge is 2.35. The van der Waals surface area contributed by atoms with Gasteiger partial charge in [-0.25, -0.2) is 8.42 Å². The number of carbonyl (C=O) groups excluding carboxylic acids is 1. The molecule has 2 rings (SSSR count). The lowest BCUT2D eigenvalue weighted by Crippen LogP contribution is -2.45. The van der Waals surface area contributed by atoms with Gasteiger partial charge in [-0.3, -0.25) is 4.79 Å². The number of amides is 1. The van der Waals surface area contributed by atoms with E-state index >= 15 is 0 Å². The molecular weight excluding hydrogens is 262 g/mol. The molecule has 1 aliphatic carbocycles. The van der Waals surface area contributed by atoms with Gasteiger partial charge in [0.2, 0.25) is 5.91 Å². The third-order valence-corrected chi connectivity index (χ3v) is 5.90. The van der Waals surface area contributed by atoms with Crippen LogP contribution in [0.4, 0.5) is 0 Å². The second-order valence-corrected chi connectivity index (χ2v) is 7.80. The number of sulfone groups is 1. The summed E-state index contributed by atoms with van der Waals surface area (Å²) in [6, 6.07) is 0.0150. The van der Waals surface area contributed by atoms with Gasteiger partial charge >= 0.3 is 0 Å². The molecule has 1 heterocycles. The molecule has 0 aromatic carbocycles. The number of carbonyl (C=O) groups is 1. The first-order valence-electron chi connectivity index (χ1n) is 6.13. The Balaban J connectivity index is 1.89. The van der Waals surface area contributed by atoms with E-state index in [2.05, 4.69) is 5.32 Å². The zero-order valence-electron chi connectivity index (χ0n) is 9.69. The van der Waals surface area contributed by atoms with Crippen LogP contribution >= 0.6 is 11.6 Å². The summed E-state index contributed by atoms with van der Waals surface area (Å²) in [5.41, 5.74) is 0. The minimum absolute atomic E-state index is 0.00148. The SMILES string of the molecule is O=C(NC1CCCCC1Cl)C1CCS(=O)(=O)C1. The fourth-order valence-electron chi connectivity index (χ4n) is 2.55. The lowest BCUT2D eigenvalue weighted by atomic mass is 9.94. The van der Waals surface area contributed by atoms with E-state index in [4.69, 9.17) is 11.6 Å². The average molecular weight is 280 g/mol. The Hall–Kier alpha value is -0.290. The van der Waals surface area contributed by atoms with E-state index in [0.717, 1.165) is 25.7 Å². The van der Waals surface area contributed by atoms with Gasteiger partial charge in [-0.1, -0.05) is 12.8 Å². The van der Waals surface area contributed by atoms with Crippen molar-refractivity contribution in [2.45, 2.75) is 43.5 Å². The maximum atomic E-state index is 11.9. The Labute approximate surface area is 107 Å². The second-order valence-electron chi connectivity index (χ2n) is 5.02. The molecule has 3 unspecified atom stereocenters. The summed E-state index contributed by atoms with van der Waals surface area (Å²) < 4.78 is 22.6. The maximum Gasteiger partial charge on any atom is 0.224 e. The molecule has 1 aliphatic heterocycles. The lowest BCUT2D eigenvalue weighted by Gasteiger charge is -2.28. The van der Waals surface area contributed by atoms with Crippen molar-refractivity contribution in [3.8, 4) is 0 Å². The molecule has 17 heavy (non-hydrogen) atoms. The molecule has 1 saturated carbocycles. The Bertz CT molecular complexity index is 396. The van der Waals surface area contributed by atoms with Gasteiger partial charge in [0.15, 0.2) is 9.84 Å². The van der Waals surface area contributed by atoms with E-state index < -0.39 is 9.84 Å². The average Bonchev–Trinajstić information content (AvgIpc) is 2.62. The third-order valence-electron chi connectivity index (χ3n) is 3.61. The van der Waals surface area contributed by atoms with Gasteiger partial charge in [-0.15, -0.1) is 11.6 Å². The Kier molecular flexibility index (Phi) is 3.98. The van der Waals surface area contributed by atoms with Crippen LogP contribution in [0.25, 0.3) is 0 Å². The molecular formula is C11H18ClNO3S. The first kappa shape index (κ1) is 13.1. The Morgan fingerprint density at radius 3 is 2.47 bits per heavy atom. The van der Waals surface area contributed by atoms with Crippen molar-refractivity contribution in [2.75, 3.05) is 11.5 Å². The molecule has 2 fully saturated rings. The molecule has 6 heteroatoms. The van der Waals surface area contributed by atoms with Crippen LogP contribution in [0.3, 0.4) is 0 Å². The predicted molar refractivity (Wildman–Crippen MR) is 66.8 cm³/mol. The van der Waals surface area contributed by atoms with E-state index in [-0.39, 0.29) is 34.7 Å². The van der Waals surface area contributed by atoms with Crippen LogP contribution in [0.5, 0.6) is 0 Å². The highest BCUT2D eigenvalue weighted by Crippen LogP contribution is 2.24. The fourth-order valence-corrected chi connectivity index (χ4v) is 4.64. The van der Waals surface area contributed by atoms with E-state index in [1.165, 1.54) is 0 Å². The predicted octanol–water partition coefficient (Wildman–Crippen LogP) is 1.09. The van der Waals surface area contributed by atoms with Gasteiger partial charge in [0.25, 0.3) is 0 Å². The van der Waals surface area contributed by atoms with Crippen LogP contribution < -0.4 is 5.32 Å². The van der Waals surface area contributed by atoms with Crippen LogP contribution in [0.15, 0.2) is 0 Å². The Morgan fingerprint density at radius 1 is 1.18 bits per heavy atom. The number of hydrogen-bond donors (Lipinski definition) is 1. The van der Waals surface area contributed by atoms with E-state index in [0.29, 0.717) is 6.42 Å². The van der Waals surface area contributed by atoms with E-state index in [1.807, 2.05) is 0 Å². The summed E-state index contributed by atoms with van der Waals surface area (Å²) >= 11 is 6.16. The molecule has 0 radical (unpaired) electrons. The molecule has 0 aromatic heterocycles. The van der Waals surface area contributed by atoms with Crippen molar-refractivity contribution in [1.29, 1.82) is 0 Å². The van der Waals surface area contributed by atoms with Gasteiger partial charge in [-0.2, -0.15) is 0 Å². The number of hydrogen-bond acceptors (Lipinski definition) is 3. The molecule has 1 N–H and O–H groups in total. The highest BCUT2D eigenvalue weighted by molar-refractivity contribution is 7.91. The first-order chi connectivity index (χ1) is 7.98. The Morgan fingerprint density at radius 2 is 1.88 bits per heavy atom.